The van der Waals surface area contributed by atoms with Gasteiger partial charge in [0, 0.05) is 59.3 Å². The fraction of sp³-hybridized carbons (Fsp3) is 0.263. The Balaban J connectivity index is 1.62. The highest BCUT2D eigenvalue weighted by atomic mass is 35.5. The van der Waals surface area contributed by atoms with E-state index in [1.807, 2.05) is 0 Å². The number of halogens is 1. The maximum atomic E-state index is 12.7. The quantitative estimate of drug-likeness (QED) is 0.769. The molecular weight excluding hydrogens is 402 g/mol. The van der Waals surface area contributed by atoms with Crippen LogP contribution in [-0.4, -0.2) is 56.6 Å². The number of nitrogens with zero attached hydrogens (tertiary/aromatic N) is 2. The van der Waals surface area contributed by atoms with Gasteiger partial charge in [0.2, 0.25) is 0 Å². The molecule has 3 rings (SSSR count). The van der Waals surface area contributed by atoms with Crippen LogP contribution in [-0.2, 0) is 11.3 Å². The van der Waals surface area contributed by atoms with Gasteiger partial charge in [0.05, 0.1) is 0 Å². The summed E-state index contributed by atoms with van der Waals surface area (Å²) in [6.07, 6.45) is 0.680. The van der Waals surface area contributed by atoms with Gasteiger partial charge in [-0.05, 0) is 55.0 Å². The predicted molar refractivity (Wildman–Crippen MR) is 107 cm³/mol. The lowest BCUT2D eigenvalue weighted by Crippen LogP contribution is -2.37. The highest BCUT2D eigenvalue weighted by Gasteiger charge is 2.23. The van der Waals surface area contributed by atoms with E-state index >= 15 is 0 Å². The van der Waals surface area contributed by atoms with Crippen LogP contribution in [0.25, 0.3) is 0 Å². The summed E-state index contributed by atoms with van der Waals surface area (Å²) in [6, 6.07) is 13.0. The molecule has 0 spiro atoms. The molecule has 0 radical (unpaired) electrons. The van der Waals surface area contributed by atoms with Crippen molar-refractivity contribution in [1.82, 2.24) is 9.80 Å². The third kappa shape index (κ3) is 5.09. The first-order chi connectivity index (χ1) is 13.4. The van der Waals surface area contributed by atoms with E-state index in [1.165, 1.54) is 12.1 Å². The fourth-order valence-electron chi connectivity index (χ4n) is 3.06. The molecule has 1 saturated heterocycles. The Morgan fingerprint density at radius 1 is 0.857 bits per heavy atom. The van der Waals surface area contributed by atoms with E-state index in [4.69, 9.17) is 11.6 Å². The first-order valence-electron chi connectivity index (χ1n) is 8.74. The molecule has 1 aliphatic rings. The van der Waals surface area contributed by atoms with Crippen molar-refractivity contribution in [3.05, 3.63) is 64.7 Å². The van der Waals surface area contributed by atoms with Gasteiger partial charge in [-0.2, -0.15) is 0 Å². The number of carbonyl (C=O) groups is 2. The Kier molecular flexibility index (Phi) is 6.66. The fourth-order valence-corrected chi connectivity index (χ4v) is 3.51. The third-order valence-corrected chi connectivity index (χ3v) is 5.15. The maximum Gasteiger partial charge on any atom is 0.253 e. The molecule has 2 aromatic rings. The molecule has 1 N–H and O–H groups in total. The normalized spacial score (nSPS) is 15.6. The van der Waals surface area contributed by atoms with Crippen LogP contribution >= 0.6 is 11.6 Å². The monoisotopic (exact) mass is 420 g/mol. The minimum absolute atomic E-state index is 0.0768. The first kappa shape index (κ1) is 20.3. The molecule has 1 fully saturated rings. The van der Waals surface area contributed by atoms with E-state index < -0.39 is 11.3 Å². The summed E-state index contributed by atoms with van der Waals surface area (Å²) >= 11 is 3.46. The molecule has 0 bridgehead atoms. The van der Waals surface area contributed by atoms with E-state index in [0.717, 1.165) is 0 Å². The minimum atomic E-state index is -2.41. The second-order valence-electron chi connectivity index (χ2n) is 6.36. The van der Waals surface area contributed by atoms with Gasteiger partial charge in [-0.1, -0.05) is 11.6 Å². The van der Waals surface area contributed by atoms with Gasteiger partial charge in [0.15, 0.2) is 0 Å². The lowest BCUT2D eigenvalue weighted by Gasteiger charge is -2.22. The van der Waals surface area contributed by atoms with Crippen LogP contribution in [0.3, 0.4) is 0 Å². The smallest absolute Gasteiger partial charge is 0.253 e. The highest BCUT2D eigenvalue weighted by molar-refractivity contribution is 7.80. The SMILES string of the molecule is O=C(c1ccc(Cl)cc1)N1CCCN(C(=O)c2ccc(NS(=O)[O-])cc2)CC1. The summed E-state index contributed by atoms with van der Waals surface area (Å²) in [5.74, 6) is -0.220. The van der Waals surface area contributed by atoms with Gasteiger partial charge >= 0.3 is 0 Å². The number of anilines is 1. The molecule has 28 heavy (non-hydrogen) atoms. The van der Waals surface area contributed by atoms with E-state index in [-0.39, 0.29) is 11.8 Å². The largest absolute Gasteiger partial charge is 0.755 e. The van der Waals surface area contributed by atoms with Gasteiger partial charge < -0.3 is 19.1 Å². The van der Waals surface area contributed by atoms with E-state index in [0.29, 0.717) is 54.4 Å². The van der Waals surface area contributed by atoms with Crippen molar-refractivity contribution in [1.29, 1.82) is 0 Å². The third-order valence-electron chi connectivity index (χ3n) is 4.49. The molecule has 148 valence electrons. The van der Waals surface area contributed by atoms with Crippen LogP contribution in [0.1, 0.15) is 27.1 Å². The number of nitrogens with one attached hydrogen (secondary N) is 1. The Bertz CT molecular complexity index is 874. The summed E-state index contributed by atoms with van der Waals surface area (Å²) in [5.41, 5.74) is 1.43. The summed E-state index contributed by atoms with van der Waals surface area (Å²) in [5, 5.41) is 0.576. The molecule has 1 atom stereocenters. The zero-order valence-corrected chi connectivity index (χ0v) is 16.5. The summed E-state index contributed by atoms with van der Waals surface area (Å²) < 4.78 is 23.5. The molecule has 1 aliphatic heterocycles. The molecule has 9 heteroatoms. The van der Waals surface area contributed by atoms with Crippen molar-refractivity contribution >= 4 is 40.4 Å². The number of hydrogen-bond donors (Lipinski definition) is 1. The van der Waals surface area contributed by atoms with Crippen molar-refractivity contribution in [2.75, 3.05) is 30.9 Å². The number of rotatable bonds is 4. The van der Waals surface area contributed by atoms with E-state index in [1.54, 1.807) is 46.2 Å². The molecule has 2 aromatic carbocycles. The second kappa shape index (κ2) is 9.18. The molecule has 0 saturated carbocycles. The Morgan fingerprint density at radius 2 is 1.32 bits per heavy atom. The van der Waals surface area contributed by atoms with E-state index in [9.17, 15) is 18.4 Å². The minimum Gasteiger partial charge on any atom is -0.755 e. The number of amides is 2. The Morgan fingerprint density at radius 3 is 1.79 bits per heavy atom. The van der Waals surface area contributed by atoms with Gasteiger partial charge in [-0.25, -0.2) is 0 Å². The van der Waals surface area contributed by atoms with Gasteiger partial charge in [0.1, 0.15) is 0 Å². The summed E-state index contributed by atoms with van der Waals surface area (Å²) in [6.45, 7) is 2.00. The van der Waals surface area contributed by atoms with Crippen LogP contribution in [0.15, 0.2) is 48.5 Å². The van der Waals surface area contributed by atoms with E-state index in [2.05, 4.69) is 4.72 Å². The molecule has 0 aromatic heterocycles. The Labute approximate surface area is 170 Å². The maximum absolute atomic E-state index is 12.7. The molecule has 0 aliphatic carbocycles. The standard InChI is InChI=1S/C19H20ClN3O4S/c20-16-6-2-14(3-7-16)18(24)22-10-1-11-23(13-12-22)19(25)15-4-8-17(9-5-15)21-28(26)27/h2-9,21H,1,10-13H2,(H,26,27)/p-1. The predicted octanol–water partition coefficient (Wildman–Crippen LogP) is 2.53. The van der Waals surface area contributed by atoms with Gasteiger partial charge in [-0.15, -0.1) is 0 Å². The second-order valence-corrected chi connectivity index (χ2v) is 7.47. The zero-order chi connectivity index (χ0) is 20.1. The first-order valence-corrected chi connectivity index (χ1v) is 10.2. The average Bonchev–Trinajstić information content (AvgIpc) is 2.94. The van der Waals surface area contributed by atoms with Crippen LogP contribution in [0, 0.1) is 0 Å². The van der Waals surface area contributed by atoms with Crippen molar-refractivity contribution in [3.8, 4) is 0 Å². The summed E-state index contributed by atoms with van der Waals surface area (Å²) in [7, 11) is 0. The topological polar surface area (TPSA) is 92.8 Å². The van der Waals surface area contributed by atoms with Gasteiger partial charge in [0.25, 0.3) is 11.8 Å². The molecule has 2 amide bonds. The molecule has 1 unspecified atom stereocenters. The highest BCUT2D eigenvalue weighted by Crippen LogP contribution is 2.16. The molecular formula is C19H19ClN3O4S-. The van der Waals surface area contributed by atoms with Crippen molar-refractivity contribution in [2.24, 2.45) is 0 Å². The lowest BCUT2D eigenvalue weighted by molar-refractivity contribution is 0.0719. The molecule has 7 nitrogen and oxygen atoms in total. The molecule has 1 heterocycles. The van der Waals surface area contributed by atoms with Crippen molar-refractivity contribution < 1.29 is 18.4 Å². The van der Waals surface area contributed by atoms with Crippen molar-refractivity contribution in [2.45, 2.75) is 6.42 Å². The zero-order valence-electron chi connectivity index (χ0n) is 15.0. The van der Waals surface area contributed by atoms with Crippen LogP contribution < -0.4 is 4.72 Å². The van der Waals surface area contributed by atoms with Crippen LogP contribution in [0.5, 0.6) is 0 Å². The number of hydrogen-bond acceptors (Lipinski definition) is 4. The number of benzene rings is 2. The van der Waals surface area contributed by atoms with Crippen LogP contribution in [0.2, 0.25) is 5.02 Å². The Hall–Kier alpha value is -2.42. The summed E-state index contributed by atoms with van der Waals surface area (Å²) in [4.78, 5) is 28.8. The number of carbonyl (C=O) groups excluding carboxylic acids is 2. The van der Waals surface area contributed by atoms with Gasteiger partial charge in [-0.3, -0.25) is 13.8 Å². The van der Waals surface area contributed by atoms with Crippen molar-refractivity contribution in [3.63, 3.8) is 0 Å². The average molecular weight is 421 g/mol. The van der Waals surface area contributed by atoms with Crippen LogP contribution in [0.4, 0.5) is 5.69 Å². The lowest BCUT2D eigenvalue weighted by atomic mass is 10.2.